The molecule has 1 aromatic carbocycles. The number of Topliss-reactive ketones (excluding diaryl/α,β-unsaturated/α-hetero) is 1. The van der Waals surface area contributed by atoms with Crippen LogP contribution in [0.15, 0.2) is 30.3 Å². The van der Waals surface area contributed by atoms with Crippen molar-refractivity contribution in [3.05, 3.63) is 35.9 Å². The maximum atomic E-state index is 13.6. The van der Waals surface area contributed by atoms with Gasteiger partial charge in [-0.25, -0.2) is 0 Å². The molecular formula is C21H32O3. The number of carbonyl (C=O) groups is 1. The first-order chi connectivity index (χ1) is 11.7. The molecule has 134 valence electrons. The average molecular weight is 332 g/mol. The second-order valence-electron chi connectivity index (χ2n) is 6.73. The van der Waals surface area contributed by atoms with Gasteiger partial charge in [0.15, 0.2) is 0 Å². The fraction of sp³-hybridized carbons (Fsp3) is 0.667. The van der Waals surface area contributed by atoms with Crippen LogP contribution in [0.1, 0.15) is 57.9 Å². The number of hydrogen-bond donors (Lipinski definition) is 0. The van der Waals surface area contributed by atoms with Gasteiger partial charge in [0.2, 0.25) is 0 Å². The molecule has 0 aromatic heterocycles. The highest BCUT2D eigenvalue weighted by Gasteiger charge is 2.43. The predicted octanol–water partition coefficient (Wildman–Crippen LogP) is 4.54. The van der Waals surface area contributed by atoms with Gasteiger partial charge in [-0.1, -0.05) is 49.6 Å². The second-order valence-corrected chi connectivity index (χ2v) is 6.73. The van der Waals surface area contributed by atoms with E-state index < -0.39 is 5.41 Å². The number of benzene rings is 1. The maximum Gasteiger partial charge on any atom is 0.148 e. The third-order valence-electron chi connectivity index (χ3n) is 5.20. The topological polar surface area (TPSA) is 35.5 Å². The van der Waals surface area contributed by atoms with Gasteiger partial charge in [0, 0.05) is 25.7 Å². The van der Waals surface area contributed by atoms with Gasteiger partial charge in [0.25, 0.3) is 0 Å². The molecule has 1 saturated carbocycles. The largest absolute Gasteiger partial charge is 0.382 e. The molecule has 1 fully saturated rings. The van der Waals surface area contributed by atoms with E-state index in [9.17, 15) is 4.79 Å². The zero-order valence-corrected chi connectivity index (χ0v) is 15.3. The van der Waals surface area contributed by atoms with E-state index in [0.29, 0.717) is 38.6 Å². The number of rotatable bonds is 10. The number of hydrogen-bond acceptors (Lipinski definition) is 3. The molecule has 1 aromatic rings. The Morgan fingerprint density at radius 3 is 2.33 bits per heavy atom. The van der Waals surface area contributed by atoms with Crippen molar-refractivity contribution in [3.8, 4) is 0 Å². The second kappa shape index (κ2) is 9.95. The van der Waals surface area contributed by atoms with Crippen LogP contribution in [0.3, 0.4) is 0 Å². The summed E-state index contributed by atoms with van der Waals surface area (Å²) < 4.78 is 11.4. The first-order valence-electron chi connectivity index (χ1n) is 9.50. The maximum absolute atomic E-state index is 13.6. The SMILES string of the molecule is CCOCCC(COCC)(C(=O)C1CCCCC1)c1ccccc1. The van der Waals surface area contributed by atoms with Gasteiger partial charge in [0.1, 0.15) is 5.78 Å². The third kappa shape index (κ3) is 4.67. The molecule has 0 saturated heterocycles. The minimum atomic E-state index is -0.575. The van der Waals surface area contributed by atoms with Crippen molar-refractivity contribution in [2.24, 2.45) is 5.92 Å². The standard InChI is InChI=1S/C21H32O3/c1-3-23-16-15-21(17-24-4-2,19-13-9-6-10-14-19)20(22)18-11-7-5-8-12-18/h6,9-10,13-14,18H,3-5,7-8,11-12,15-17H2,1-2H3. The van der Waals surface area contributed by atoms with E-state index in [1.54, 1.807) is 0 Å². The van der Waals surface area contributed by atoms with Crippen molar-refractivity contribution in [1.29, 1.82) is 0 Å². The van der Waals surface area contributed by atoms with Crippen molar-refractivity contribution >= 4 is 5.78 Å². The van der Waals surface area contributed by atoms with E-state index in [-0.39, 0.29) is 5.92 Å². The molecule has 1 unspecified atom stereocenters. The quantitative estimate of drug-likeness (QED) is 0.590. The summed E-state index contributed by atoms with van der Waals surface area (Å²) in [7, 11) is 0. The first kappa shape index (κ1) is 19.1. The summed E-state index contributed by atoms with van der Waals surface area (Å²) in [5.74, 6) is 0.530. The smallest absolute Gasteiger partial charge is 0.148 e. The van der Waals surface area contributed by atoms with Crippen molar-refractivity contribution in [1.82, 2.24) is 0 Å². The van der Waals surface area contributed by atoms with Crippen LogP contribution >= 0.6 is 0 Å². The molecule has 1 aliphatic rings. The van der Waals surface area contributed by atoms with Gasteiger partial charge >= 0.3 is 0 Å². The predicted molar refractivity (Wildman–Crippen MR) is 97.3 cm³/mol. The van der Waals surface area contributed by atoms with Crippen LogP contribution in [-0.4, -0.2) is 32.2 Å². The lowest BCUT2D eigenvalue weighted by molar-refractivity contribution is -0.133. The van der Waals surface area contributed by atoms with Crippen LogP contribution in [0.25, 0.3) is 0 Å². The molecule has 0 spiro atoms. The number of ketones is 1. The zero-order chi connectivity index (χ0) is 17.3. The van der Waals surface area contributed by atoms with Crippen molar-refractivity contribution in [2.75, 3.05) is 26.4 Å². The molecule has 3 heteroatoms. The van der Waals surface area contributed by atoms with E-state index in [0.717, 1.165) is 18.4 Å². The summed E-state index contributed by atoms with van der Waals surface area (Å²) in [6, 6.07) is 10.2. The van der Waals surface area contributed by atoms with Crippen molar-refractivity contribution < 1.29 is 14.3 Å². The molecule has 0 heterocycles. The summed E-state index contributed by atoms with van der Waals surface area (Å²) in [6.07, 6.45) is 6.33. The molecule has 1 aliphatic carbocycles. The van der Waals surface area contributed by atoms with Crippen molar-refractivity contribution in [3.63, 3.8) is 0 Å². The minimum Gasteiger partial charge on any atom is -0.382 e. The Hall–Kier alpha value is -1.19. The molecule has 24 heavy (non-hydrogen) atoms. The van der Waals surface area contributed by atoms with Crippen LogP contribution in [0.4, 0.5) is 0 Å². The molecule has 1 atom stereocenters. The van der Waals surface area contributed by atoms with Gasteiger partial charge in [-0.05, 0) is 38.7 Å². The molecule has 0 amide bonds. The number of ether oxygens (including phenoxy) is 2. The van der Waals surface area contributed by atoms with Crippen LogP contribution in [-0.2, 0) is 19.7 Å². The van der Waals surface area contributed by atoms with Crippen molar-refractivity contribution in [2.45, 2.75) is 57.8 Å². The molecule has 0 aliphatic heterocycles. The Morgan fingerprint density at radius 1 is 1.04 bits per heavy atom. The average Bonchev–Trinajstić information content (AvgIpc) is 2.65. The summed E-state index contributed by atoms with van der Waals surface area (Å²) in [4.78, 5) is 13.6. The Balaban J connectivity index is 2.32. The normalized spacial score (nSPS) is 18.2. The molecule has 3 nitrogen and oxygen atoms in total. The summed E-state index contributed by atoms with van der Waals surface area (Å²) in [6.45, 7) is 6.34. The van der Waals surface area contributed by atoms with Gasteiger partial charge in [-0.2, -0.15) is 0 Å². The third-order valence-corrected chi connectivity index (χ3v) is 5.20. The highest BCUT2D eigenvalue weighted by atomic mass is 16.5. The lowest BCUT2D eigenvalue weighted by Gasteiger charge is -2.37. The van der Waals surface area contributed by atoms with Gasteiger partial charge in [0.05, 0.1) is 12.0 Å². The van der Waals surface area contributed by atoms with E-state index in [4.69, 9.17) is 9.47 Å². The Kier molecular flexibility index (Phi) is 7.93. The van der Waals surface area contributed by atoms with Gasteiger partial charge < -0.3 is 9.47 Å². The van der Waals surface area contributed by atoms with Gasteiger partial charge in [-0.15, -0.1) is 0 Å². The Morgan fingerprint density at radius 2 is 1.71 bits per heavy atom. The Bertz CT molecular complexity index is 479. The summed E-state index contributed by atoms with van der Waals surface area (Å²) in [5, 5.41) is 0. The molecule has 2 rings (SSSR count). The highest BCUT2D eigenvalue weighted by molar-refractivity contribution is 5.92. The molecule has 0 bridgehead atoms. The van der Waals surface area contributed by atoms with E-state index in [1.807, 2.05) is 32.0 Å². The Labute approximate surface area is 146 Å². The first-order valence-corrected chi connectivity index (χ1v) is 9.50. The molecule has 0 radical (unpaired) electrons. The molecule has 0 N–H and O–H groups in total. The monoisotopic (exact) mass is 332 g/mol. The highest BCUT2D eigenvalue weighted by Crippen LogP contribution is 2.37. The van der Waals surface area contributed by atoms with Crippen LogP contribution < -0.4 is 0 Å². The summed E-state index contributed by atoms with van der Waals surface area (Å²) >= 11 is 0. The van der Waals surface area contributed by atoms with E-state index in [2.05, 4.69) is 12.1 Å². The van der Waals surface area contributed by atoms with E-state index >= 15 is 0 Å². The lowest BCUT2D eigenvalue weighted by Crippen LogP contribution is -2.45. The fourth-order valence-corrected chi connectivity index (χ4v) is 3.82. The fourth-order valence-electron chi connectivity index (χ4n) is 3.82. The zero-order valence-electron chi connectivity index (χ0n) is 15.3. The summed E-state index contributed by atoms with van der Waals surface area (Å²) in [5.41, 5.74) is 0.503. The van der Waals surface area contributed by atoms with Crippen LogP contribution in [0, 0.1) is 5.92 Å². The minimum absolute atomic E-state index is 0.168. The van der Waals surface area contributed by atoms with Crippen LogP contribution in [0.5, 0.6) is 0 Å². The van der Waals surface area contributed by atoms with Gasteiger partial charge in [-0.3, -0.25) is 4.79 Å². The molecular weight excluding hydrogens is 300 g/mol. The lowest BCUT2D eigenvalue weighted by atomic mass is 9.68. The van der Waals surface area contributed by atoms with E-state index in [1.165, 1.54) is 19.3 Å². The van der Waals surface area contributed by atoms with Crippen LogP contribution in [0.2, 0.25) is 0 Å². The number of carbonyl (C=O) groups excluding carboxylic acids is 1.